The fraction of sp³-hybridized carbons (Fsp3) is 0.500. The fourth-order valence-corrected chi connectivity index (χ4v) is 3.97. The van der Waals surface area contributed by atoms with Crippen molar-refractivity contribution in [3.8, 4) is 0 Å². The van der Waals surface area contributed by atoms with Crippen LogP contribution in [-0.4, -0.2) is 26.5 Å². The molecule has 0 saturated carbocycles. The number of benzene rings is 1. The van der Waals surface area contributed by atoms with Crippen LogP contribution in [-0.2, 0) is 16.4 Å². The average molecular weight is 275 g/mol. The van der Waals surface area contributed by atoms with Crippen LogP contribution in [0.1, 0.15) is 12.0 Å². The van der Waals surface area contributed by atoms with E-state index in [1.807, 2.05) is 0 Å². The van der Waals surface area contributed by atoms with E-state index in [-0.39, 0.29) is 24.0 Å². The van der Waals surface area contributed by atoms with Crippen LogP contribution >= 0.6 is 0 Å². The maximum absolute atomic E-state index is 13.3. The van der Waals surface area contributed by atoms with Crippen LogP contribution in [0.2, 0.25) is 0 Å². The largest absolute Gasteiger partial charge is 0.312 e. The van der Waals surface area contributed by atoms with Gasteiger partial charge < -0.3 is 5.32 Å². The third-order valence-corrected chi connectivity index (χ3v) is 4.93. The number of halogens is 2. The molecule has 0 amide bonds. The Balaban J connectivity index is 1.82. The van der Waals surface area contributed by atoms with Crippen molar-refractivity contribution in [3.05, 3.63) is 35.4 Å². The Bertz CT molecular complexity index is 531. The first-order chi connectivity index (χ1) is 8.46. The van der Waals surface area contributed by atoms with Crippen LogP contribution in [0.3, 0.4) is 0 Å². The summed E-state index contributed by atoms with van der Waals surface area (Å²) in [6.45, 7) is 0.818. The molecule has 1 atom stereocenters. The summed E-state index contributed by atoms with van der Waals surface area (Å²) in [5.41, 5.74) is 0.386. The molecule has 0 bridgehead atoms. The summed E-state index contributed by atoms with van der Waals surface area (Å²) in [6, 6.07) is 3.44. The summed E-state index contributed by atoms with van der Waals surface area (Å²) >= 11 is 0. The van der Waals surface area contributed by atoms with Crippen LogP contribution in [0.5, 0.6) is 0 Å². The molecule has 0 radical (unpaired) electrons. The highest BCUT2D eigenvalue weighted by molar-refractivity contribution is 7.91. The standard InChI is InChI=1S/C12H15F2NO2S/c13-11-2-1-10(12(14)5-11)7-15-6-9-3-4-18(16,17)8-9/h1-2,5,9,15H,3-4,6-8H2. The van der Waals surface area contributed by atoms with Gasteiger partial charge in [0.1, 0.15) is 11.6 Å². The van der Waals surface area contributed by atoms with Gasteiger partial charge in [-0.2, -0.15) is 0 Å². The van der Waals surface area contributed by atoms with E-state index >= 15 is 0 Å². The van der Waals surface area contributed by atoms with Crippen LogP contribution in [0.4, 0.5) is 8.78 Å². The molecule has 1 fully saturated rings. The molecule has 1 aliphatic rings. The predicted octanol–water partition coefficient (Wildman–Crippen LogP) is 1.49. The normalized spacial score (nSPS) is 22.2. The van der Waals surface area contributed by atoms with Crippen molar-refractivity contribution in [1.29, 1.82) is 0 Å². The Kier molecular flexibility index (Phi) is 3.97. The van der Waals surface area contributed by atoms with Crippen molar-refractivity contribution in [2.45, 2.75) is 13.0 Å². The smallest absolute Gasteiger partial charge is 0.150 e. The Hall–Kier alpha value is -1.01. The molecule has 0 spiro atoms. The molecule has 3 nitrogen and oxygen atoms in total. The van der Waals surface area contributed by atoms with Gasteiger partial charge in [0, 0.05) is 18.2 Å². The van der Waals surface area contributed by atoms with Gasteiger partial charge >= 0.3 is 0 Å². The van der Waals surface area contributed by atoms with Crippen LogP contribution in [0, 0.1) is 17.6 Å². The number of nitrogens with one attached hydrogen (secondary N) is 1. The zero-order valence-electron chi connectivity index (χ0n) is 9.83. The van der Waals surface area contributed by atoms with E-state index in [2.05, 4.69) is 5.32 Å². The highest BCUT2D eigenvalue weighted by Gasteiger charge is 2.27. The molecule has 100 valence electrons. The van der Waals surface area contributed by atoms with Crippen molar-refractivity contribution in [2.24, 2.45) is 5.92 Å². The van der Waals surface area contributed by atoms with Gasteiger partial charge in [0.15, 0.2) is 9.84 Å². The van der Waals surface area contributed by atoms with Gasteiger partial charge in [-0.25, -0.2) is 17.2 Å². The van der Waals surface area contributed by atoms with Crippen LogP contribution in [0.15, 0.2) is 18.2 Å². The molecule has 1 aromatic carbocycles. The predicted molar refractivity (Wildman–Crippen MR) is 64.8 cm³/mol. The molecule has 2 rings (SSSR count). The van der Waals surface area contributed by atoms with E-state index in [0.717, 1.165) is 6.07 Å². The third kappa shape index (κ3) is 3.49. The average Bonchev–Trinajstić information content (AvgIpc) is 2.61. The minimum absolute atomic E-state index is 0.0958. The number of hydrogen-bond donors (Lipinski definition) is 1. The molecule has 6 heteroatoms. The van der Waals surface area contributed by atoms with Gasteiger partial charge in [0.05, 0.1) is 11.5 Å². The minimum Gasteiger partial charge on any atom is -0.312 e. The minimum atomic E-state index is -2.87. The molecule has 1 N–H and O–H groups in total. The molecular weight excluding hydrogens is 260 g/mol. The quantitative estimate of drug-likeness (QED) is 0.905. The van der Waals surface area contributed by atoms with Gasteiger partial charge in [-0.05, 0) is 24.9 Å². The van der Waals surface area contributed by atoms with Crippen molar-refractivity contribution < 1.29 is 17.2 Å². The summed E-state index contributed by atoms with van der Waals surface area (Å²) in [5, 5.41) is 3.01. The Morgan fingerprint density at radius 2 is 2.11 bits per heavy atom. The second kappa shape index (κ2) is 5.32. The van der Waals surface area contributed by atoms with Gasteiger partial charge in [0.25, 0.3) is 0 Å². The molecule has 1 aliphatic heterocycles. The van der Waals surface area contributed by atoms with E-state index in [0.29, 0.717) is 18.5 Å². The third-order valence-electron chi connectivity index (χ3n) is 3.09. The van der Waals surface area contributed by atoms with E-state index in [1.165, 1.54) is 12.1 Å². The zero-order valence-corrected chi connectivity index (χ0v) is 10.6. The number of sulfone groups is 1. The van der Waals surface area contributed by atoms with Gasteiger partial charge in [-0.15, -0.1) is 0 Å². The van der Waals surface area contributed by atoms with Crippen molar-refractivity contribution in [3.63, 3.8) is 0 Å². The molecule has 1 saturated heterocycles. The highest BCUT2D eigenvalue weighted by atomic mass is 32.2. The lowest BCUT2D eigenvalue weighted by molar-refractivity contribution is 0.507. The summed E-state index contributed by atoms with van der Waals surface area (Å²) in [4.78, 5) is 0. The molecule has 18 heavy (non-hydrogen) atoms. The molecule has 1 unspecified atom stereocenters. The zero-order chi connectivity index (χ0) is 13.2. The number of rotatable bonds is 4. The lowest BCUT2D eigenvalue weighted by Crippen LogP contribution is -2.23. The van der Waals surface area contributed by atoms with Crippen molar-refractivity contribution in [2.75, 3.05) is 18.1 Å². The first kappa shape index (κ1) is 13.4. The SMILES string of the molecule is O=S1(=O)CCC(CNCc2ccc(F)cc2F)C1. The lowest BCUT2D eigenvalue weighted by atomic mass is 10.1. The molecule has 0 aliphatic carbocycles. The maximum Gasteiger partial charge on any atom is 0.150 e. The Labute approximate surface area is 105 Å². The van der Waals surface area contributed by atoms with E-state index in [9.17, 15) is 17.2 Å². The summed E-state index contributed by atoms with van der Waals surface area (Å²) in [7, 11) is -2.87. The van der Waals surface area contributed by atoms with Gasteiger partial charge in [-0.3, -0.25) is 0 Å². The first-order valence-corrected chi connectivity index (χ1v) is 7.63. The number of hydrogen-bond acceptors (Lipinski definition) is 3. The summed E-state index contributed by atoms with van der Waals surface area (Å²) in [6.07, 6.45) is 0.654. The Morgan fingerprint density at radius 3 is 2.72 bits per heavy atom. The summed E-state index contributed by atoms with van der Waals surface area (Å²) in [5.74, 6) is -0.644. The van der Waals surface area contributed by atoms with E-state index < -0.39 is 21.5 Å². The molecule has 0 aromatic heterocycles. The molecule has 1 heterocycles. The first-order valence-electron chi connectivity index (χ1n) is 5.81. The highest BCUT2D eigenvalue weighted by Crippen LogP contribution is 2.17. The van der Waals surface area contributed by atoms with Crippen LogP contribution < -0.4 is 5.32 Å². The Morgan fingerprint density at radius 1 is 1.33 bits per heavy atom. The van der Waals surface area contributed by atoms with E-state index in [1.54, 1.807) is 0 Å². The van der Waals surface area contributed by atoms with Crippen molar-refractivity contribution in [1.82, 2.24) is 5.32 Å². The topological polar surface area (TPSA) is 46.2 Å². The maximum atomic E-state index is 13.3. The van der Waals surface area contributed by atoms with Crippen LogP contribution in [0.25, 0.3) is 0 Å². The second-order valence-corrected chi connectivity index (χ2v) is 6.86. The summed E-state index contributed by atoms with van der Waals surface area (Å²) < 4.78 is 48.4. The fourth-order valence-electron chi connectivity index (χ4n) is 2.11. The van der Waals surface area contributed by atoms with Gasteiger partial charge in [0.2, 0.25) is 0 Å². The molecular formula is C12H15F2NO2S. The monoisotopic (exact) mass is 275 g/mol. The molecule has 1 aromatic rings. The van der Waals surface area contributed by atoms with Crippen molar-refractivity contribution >= 4 is 9.84 Å². The second-order valence-electron chi connectivity index (χ2n) is 4.64. The lowest BCUT2D eigenvalue weighted by Gasteiger charge is -2.10. The van der Waals surface area contributed by atoms with Gasteiger partial charge in [-0.1, -0.05) is 6.07 Å². The van der Waals surface area contributed by atoms with E-state index in [4.69, 9.17) is 0 Å².